The summed E-state index contributed by atoms with van der Waals surface area (Å²) in [6.45, 7) is 10.1. The van der Waals surface area contributed by atoms with Gasteiger partial charge in [0.1, 0.15) is 17.7 Å². The lowest BCUT2D eigenvalue weighted by molar-refractivity contribution is -0.123. The molecule has 1 amide bonds. The Morgan fingerprint density at radius 1 is 1.41 bits per heavy atom. The van der Waals surface area contributed by atoms with Crippen molar-refractivity contribution in [3.8, 4) is 0 Å². The molecule has 2 rings (SSSR count). The van der Waals surface area contributed by atoms with Gasteiger partial charge >= 0.3 is 0 Å². The number of carbonyl (C=O) groups is 1. The average Bonchev–Trinajstić information content (AvgIpc) is 2.46. The van der Waals surface area contributed by atoms with Gasteiger partial charge in [-0.25, -0.2) is 9.97 Å². The van der Waals surface area contributed by atoms with Gasteiger partial charge in [0.05, 0.1) is 12.3 Å². The van der Waals surface area contributed by atoms with Crippen LogP contribution in [-0.2, 0) is 21.6 Å². The van der Waals surface area contributed by atoms with E-state index in [0.717, 1.165) is 30.3 Å². The highest BCUT2D eigenvalue weighted by molar-refractivity contribution is 5.86. The standard InChI is InChI=1S/C16H26N4O2/c1-6-12-14(21)17-7-8-20(12)13-9-11(10-22-5)18-15(19-13)16(2,3)4/h9,12H,6-8,10H2,1-5H3,(H,17,21). The molecule has 1 atom stereocenters. The number of hydrogen-bond donors (Lipinski definition) is 1. The zero-order valence-electron chi connectivity index (χ0n) is 14.1. The van der Waals surface area contributed by atoms with E-state index in [2.05, 4.69) is 36.0 Å². The topological polar surface area (TPSA) is 67.4 Å². The highest BCUT2D eigenvalue weighted by Crippen LogP contribution is 2.25. The molecule has 2 heterocycles. The molecule has 0 saturated carbocycles. The van der Waals surface area contributed by atoms with E-state index >= 15 is 0 Å². The lowest BCUT2D eigenvalue weighted by atomic mass is 9.95. The molecule has 1 aliphatic heterocycles. The normalized spacial score (nSPS) is 19.2. The Morgan fingerprint density at radius 3 is 2.73 bits per heavy atom. The van der Waals surface area contributed by atoms with Crippen molar-refractivity contribution in [2.45, 2.75) is 52.2 Å². The highest BCUT2D eigenvalue weighted by Gasteiger charge is 2.30. The van der Waals surface area contributed by atoms with Gasteiger partial charge in [-0.2, -0.15) is 0 Å². The third-order valence-electron chi connectivity index (χ3n) is 3.74. The van der Waals surface area contributed by atoms with Crippen LogP contribution in [0.1, 0.15) is 45.6 Å². The Balaban J connectivity index is 2.44. The minimum absolute atomic E-state index is 0.0676. The maximum absolute atomic E-state index is 12.1. The second-order valence-corrected chi connectivity index (χ2v) is 6.63. The van der Waals surface area contributed by atoms with Crippen LogP contribution in [0.5, 0.6) is 0 Å². The van der Waals surface area contributed by atoms with E-state index in [0.29, 0.717) is 13.2 Å². The van der Waals surface area contributed by atoms with Gasteiger partial charge in [0.15, 0.2) is 0 Å². The van der Waals surface area contributed by atoms with E-state index in [1.165, 1.54) is 0 Å². The molecule has 122 valence electrons. The maximum Gasteiger partial charge on any atom is 0.242 e. The number of nitrogens with zero attached hydrogens (tertiary/aromatic N) is 3. The number of carbonyl (C=O) groups excluding carboxylic acids is 1. The number of rotatable bonds is 4. The summed E-state index contributed by atoms with van der Waals surface area (Å²) >= 11 is 0. The largest absolute Gasteiger partial charge is 0.378 e. The van der Waals surface area contributed by atoms with Crippen LogP contribution >= 0.6 is 0 Å². The van der Waals surface area contributed by atoms with E-state index in [1.54, 1.807) is 7.11 Å². The van der Waals surface area contributed by atoms with Crippen LogP contribution in [0, 0.1) is 0 Å². The Kier molecular flexibility index (Phi) is 5.01. The molecule has 0 bridgehead atoms. The molecule has 1 aromatic rings. The minimum Gasteiger partial charge on any atom is -0.378 e. The van der Waals surface area contributed by atoms with Crippen LogP contribution in [0.3, 0.4) is 0 Å². The van der Waals surface area contributed by atoms with Crippen molar-refractivity contribution in [2.75, 3.05) is 25.1 Å². The number of anilines is 1. The van der Waals surface area contributed by atoms with Crippen LogP contribution in [0.2, 0.25) is 0 Å². The molecule has 6 nitrogen and oxygen atoms in total. The van der Waals surface area contributed by atoms with E-state index in [4.69, 9.17) is 9.72 Å². The van der Waals surface area contributed by atoms with Gasteiger partial charge in [-0.1, -0.05) is 27.7 Å². The van der Waals surface area contributed by atoms with Gasteiger partial charge in [0, 0.05) is 31.7 Å². The lowest BCUT2D eigenvalue weighted by Crippen LogP contribution is -2.55. The molecule has 1 N–H and O–H groups in total. The third kappa shape index (κ3) is 3.55. The smallest absolute Gasteiger partial charge is 0.242 e. The summed E-state index contributed by atoms with van der Waals surface area (Å²) in [5, 5.41) is 2.92. The van der Waals surface area contributed by atoms with Gasteiger partial charge in [0.2, 0.25) is 5.91 Å². The minimum atomic E-state index is -0.174. The van der Waals surface area contributed by atoms with Crippen LogP contribution in [-0.4, -0.2) is 42.1 Å². The van der Waals surface area contributed by atoms with Crippen molar-refractivity contribution in [2.24, 2.45) is 0 Å². The van der Waals surface area contributed by atoms with Crippen molar-refractivity contribution in [3.63, 3.8) is 0 Å². The number of ether oxygens (including phenoxy) is 1. The first-order chi connectivity index (χ1) is 10.4. The van der Waals surface area contributed by atoms with Gasteiger partial charge in [-0.3, -0.25) is 4.79 Å². The van der Waals surface area contributed by atoms with Crippen molar-refractivity contribution >= 4 is 11.7 Å². The molecule has 6 heteroatoms. The summed E-state index contributed by atoms with van der Waals surface area (Å²) in [6, 6.07) is 1.76. The quantitative estimate of drug-likeness (QED) is 0.916. The molecule has 0 spiro atoms. The van der Waals surface area contributed by atoms with Crippen molar-refractivity contribution < 1.29 is 9.53 Å². The summed E-state index contributed by atoms with van der Waals surface area (Å²) in [7, 11) is 1.65. The van der Waals surface area contributed by atoms with Crippen LogP contribution < -0.4 is 10.2 Å². The zero-order valence-corrected chi connectivity index (χ0v) is 14.1. The molecule has 1 aromatic heterocycles. The van der Waals surface area contributed by atoms with Gasteiger partial charge in [-0.15, -0.1) is 0 Å². The second kappa shape index (κ2) is 6.60. The van der Waals surface area contributed by atoms with Crippen LogP contribution in [0.4, 0.5) is 5.82 Å². The zero-order chi connectivity index (χ0) is 16.3. The molecule has 22 heavy (non-hydrogen) atoms. The number of piperazine rings is 1. The molecule has 1 aliphatic rings. The van der Waals surface area contributed by atoms with E-state index < -0.39 is 0 Å². The lowest BCUT2D eigenvalue weighted by Gasteiger charge is -2.36. The molecular formula is C16H26N4O2. The molecule has 1 fully saturated rings. The van der Waals surface area contributed by atoms with Crippen molar-refractivity contribution in [1.29, 1.82) is 0 Å². The van der Waals surface area contributed by atoms with Gasteiger partial charge < -0.3 is 15.0 Å². The Labute approximate surface area is 132 Å². The first-order valence-electron chi connectivity index (χ1n) is 7.78. The molecule has 0 aliphatic carbocycles. The molecular weight excluding hydrogens is 280 g/mol. The first kappa shape index (κ1) is 16.7. The highest BCUT2D eigenvalue weighted by atomic mass is 16.5. The third-order valence-corrected chi connectivity index (χ3v) is 3.74. The Hall–Kier alpha value is -1.69. The summed E-state index contributed by atoms with van der Waals surface area (Å²) in [6.07, 6.45) is 0.750. The number of hydrogen-bond acceptors (Lipinski definition) is 5. The summed E-state index contributed by atoms with van der Waals surface area (Å²) in [4.78, 5) is 23.5. The molecule has 0 radical (unpaired) electrons. The summed E-state index contributed by atoms with van der Waals surface area (Å²) < 4.78 is 5.22. The summed E-state index contributed by atoms with van der Waals surface area (Å²) in [5.41, 5.74) is 0.691. The number of methoxy groups -OCH3 is 1. The van der Waals surface area contributed by atoms with E-state index in [1.807, 2.05) is 13.0 Å². The predicted octanol–water partition coefficient (Wildman–Crippen LogP) is 1.64. The average molecular weight is 306 g/mol. The predicted molar refractivity (Wildman–Crippen MR) is 85.9 cm³/mol. The van der Waals surface area contributed by atoms with E-state index in [-0.39, 0.29) is 17.4 Å². The molecule has 1 unspecified atom stereocenters. The van der Waals surface area contributed by atoms with Crippen LogP contribution in [0.15, 0.2) is 6.07 Å². The first-order valence-corrected chi connectivity index (χ1v) is 7.78. The monoisotopic (exact) mass is 306 g/mol. The van der Waals surface area contributed by atoms with E-state index in [9.17, 15) is 4.79 Å². The number of amides is 1. The fourth-order valence-corrected chi connectivity index (χ4v) is 2.58. The Morgan fingerprint density at radius 2 is 2.14 bits per heavy atom. The van der Waals surface area contributed by atoms with Crippen molar-refractivity contribution in [1.82, 2.24) is 15.3 Å². The van der Waals surface area contributed by atoms with Gasteiger partial charge in [-0.05, 0) is 6.42 Å². The number of nitrogens with one attached hydrogen (secondary N) is 1. The molecule has 0 aromatic carbocycles. The van der Waals surface area contributed by atoms with Crippen LogP contribution in [0.25, 0.3) is 0 Å². The van der Waals surface area contributed by atoms with Gasteiger partial charge in [0.25, 0.3) is 0 Å². The molecule has 1 saturated heterocycles. The maximum atomic E-state index is 12.1. The second-order valence-electron chi connectivity index (χ2n) is 6.63. The van der Waals surface area contributed by atoms with Crippen molar-refractivity contribution in [3.05, 3.63) is 17.6 Å². The fraction of sp³-hybridized carbons (Fsp3) is 0.688. The fourth-order valence-electron chi connectivity index (χ4n) is 2.58. The number of aromatic nitrogens is 2. The Bertz CT molecular complexity index is 539. The summed E-state index contributed by atoms with van der Waals surface area (Å²) in [5.74, 6) is 1.66. The SMILES string of the molecule is CCC1C(=O)NCCN1c1cc(COC)nc(C(C)(C)C)n1.